The van der Waals surface area contributed by atoms with Gasteiger partial charge in [-0.1, -0.05) is 12.1 Å². The zero-order valence-electron chi connectivity index (χ0n) is 11.0. The van der Waals surface area contributed by atoms with Crippen LogP contribution in [0.25, 0.3) is 0 Å². The van der Waals surface area contributed by atoms with Crippen LogP contribution in [0, 0.1) is 0 Å². The first kappa shape index (κ1) is 13.6. The standard InChI is InChI=1S/C13H15N5O2/c1-2-18-7-9(14)11(17-18)13(20)16-10-6-4-3-5-8(10)12(15)19/h3-7H,2,14H2,1H3,(H2,15,19)(H,16,20). The number of rotatable bonds is 4. The van der Waals surface area contributed by atoms with Gasteiger partial charge in [0, 0.05) is 12.7 Å². The maximum Gasteiger partial charge on any atom is 0.278 e. The molecule has 0 unspecified atom stereocenters. The minimum atomic E-state index is -0.618. The maximum absolute atomic E-state index is 12.1. The average molecular weight is 273 g/mol. The van der Waals surface area contributed by atoms with Gasteiger partial charge < -0.3 is 16.8 Å². The van der Waals surface area contributed by atoms with E-state index in [0.29, 0.717) is 12.2 Å². The molecule has 1 aromatic heterocycles. The molecule has 1 heterocycles. The van der Waals surface area contributed by atoms with Crippen LogP contribution in [0.5, 0.6) is 0 Å². The summed E-state index contributed by atoms with van der Waals surface area (Å²) in [6.07, 6.45) is 1.58. The van der Waals surface area contributed by atoms with Crippen LogP contribution in [0.4, 0.5) is 11.4 Å². The first-order chi connectivity index (χ1) is 9.52. The highest BCUT2D eigenvalue weighted by Crippen LogP contribution is 2.17. The summed E-state index contributed by atoms with van der Waals surface area (Å²) in [7, 11) is 0. The number of nitrogen functional groups attached to an aromatic ring is 1. The third-order valence-electron chi connectivity index (χ3n) is 2.77. The van der Waals surface area contributed by atoms with Crippen LogP contribution in [0.3, 0.4) is 0 Å². The highest BCUT2D eigenvalue weighted by Gasteiger charge is 2.17. The van der Waals surface area contributed by atoms with Gasteiger partial charge in [-0.3, -0.25) is 14.3 Å². The number of aromatic nitrogens is 2. The van der Waals surface area contributed by atoms with E-state index in [4.69, 9.17) is 11.5 Å². The normalized spacial score (nSPS) is 10.2. The summed E-state index contributed by atoms with van der Waals surface area (Å²) in [5.74, 6) is -1.10. The van der Waals surface area contributed by atoms with Crippen molar-refractivity contribution in [2.45, 2.75) is 13.5 Å². The summed E-state index contributed by atoms with van der Waals surface area (Å²) < 4.78 is 1.56. The number of hydrogen-bond donors (Lipinski definition) is 3. The van der Waals surface area contributed by atoms with Crippen molar-refractivity contribution in [2.24, 2.45) is 5.73 Å². The second-order valence-electron chi connectivity index (χ2n) is 4.15. The molecule has 0 saturated carbocycles. The van der Waals surface area contributed by atoms with E-state index >= 15 is 0 Å². The van der Waals surface area contributed by atoms with Crippen molar-refractivity contribution in [3.8, 4) is 0 Å². The summed E-state index contributed by atoms with van der Waals surface area (Å²) in [6.45, 7) is 2.49. The Morgan fingerprint density at radius 3 is 2.65 bits per heavy atom. The van der Waals surface area contributed by atoms with Crippen LogP contribution < -0.4 is 16.8 Å². The van der Waals surface area contributed by atoms with Crippen molar-refractivity contribution in [1.82, 2.24) is 9.78 Å². The number of nitrogens with zero attached hydrogens (tertiary/aromatic N) is 2. The van der Waals surface area contributed by atoms with Gasteiger partial charge in [-0.15, -0.1) is 0 Å². The third-order valence-corrected chi connectivity index (χ3v) is 2.77. The van der Waals surface area contributed by atoms with Gasteiger partial charge in [0.2, 0.25) is 0 Å². The highest BCUT2D eigenvalue weighted by molar-refractivity contribution is 6.09. The Morgan fingerprint density at radius 2 is 2.05 bits per heavy atom. The largest absolute Gasteiger partial charge is 0.396 e. The number of primary amides is 1. The smallest absolute Gasteiger partial charge is 0.278 e. The lowest BCUT2D eigenvalue weighted by atomic mass is 10.1. The minimum absolute atomic E-state index is 0.117. The van der Waals surface area contributed by atoms with Gasteiger partial charge in [0.05, 0.1) is 16.9 Å². The lowest BCUT2D eigenvalue weighted by Gasteiger charge is -2.07. The Hall–Kier alpha value is -2.83. The molecule has 2 rings (SSSR count). The van der Waals surface area contributed by atoms with Crippen molar-refractivity contribution in [3.05, 3.63) is 41.7 Å². The molecule has 5 N–H and O–H groups in total. The molecule has 0 aliphatic heterocycles. The average Bonchev–Trinajstić information content (AvgIpc) is 2.80. The molecular formula is C13H15N5O2. The van der Waals surface area contributed by atoms with Crippen molar-refractivity contribution in [1.29, 1.82) is 0 Å². The molecule has 0 fully saturated rings. The second-order valence-corrected chi connectivity index (χ2v) is 4.15. The predicted molar refractivity (Wildman–Crippen MR) is 75.2 cm³/mol. The van der Waals surface area contributed by atoms with E-state index < -0.39 is 11.8 Å². The fourth-order valence-corrected chi connectivity index (χ4v) is 1.76. The molecule has 104 valence electrons. The molecule has 0 bridgehead atoms. The predicted octanol–water partition coefficient (Wildman–Crippen LogP) is 0.836. The van der Waals surface area contributed by atoms with Gasteiger partial charge in [0.25, 0.3) is 11.8 Å². The number of anilines is 2. The highest BCUT2D eigenvalue weighted by atomic mass is 16.2. The second kappa shape index (κ2) is 5.43. The van der Waals surface area contributed by atoms with E-state index in [2.05, 4.69) is 10.4 Å². The van der Waals surface area contributed by atoms with Crippen LogP contribution in [0.2, 0.25) is 0 Å². The fraction of sp³-hybridized carbons (Fsp3) is 0.154. The van der Waals surface area contributed by atoms with E-state index in [1.54, 1.807) is 29.1 Å². The van der Waals surface area contributed by atoms with Gasteiger partial charge in [-0.25, -0.2) is 0 Å². The quantitative estimate of drug-likeness (QED) is 0.765. The molecule has 0 spiro atoms. The van der Waals surface area contributed by atoms with Crippen LogP contribution in [-0.2, 0) is 6.54 Å². The summed E-state index contributed by atoms with van der Waals surface area (Å²) >= 11 is 0. The number of aryl methyl sites for hydroxylation is 1. The lowest BCUT2D eigenvalue weighted by Crippen LogP contribution is -2.19. The van der Waals surface area contributed by atoms with Gasteiger partial charge in [-0.2, -0.15) is 5.10 Å². The van der Waals surface area contributed by atoms with Gasteiger partial charge in [0.15, 0.2) is 5.69 Å². The lowest BCUT2D eigenvalue weighted by molar-refractivity contribution is 0.100. The van der Waals surface area contributed by atoms with Crippen LogP contribution >= 0.6 is 0 Å². The van der Waals surface area contributed by atoms with Crippen molar-refractivity contribution in [2.75, 3.05) is 11.1 Å². The van der Waals surface area contributed by atoms with Crippen molar-refractivity contribution >= 4 is 23.2 Å². The Balaban J connectivity index is 2.28. The monoisotopic (exact) mass is 273 g/mol. The number of carbonyl (C=O) groups excluding carboxylic acids is 2. The van der Waals surface area contributed by atoms with Crippen LogP contribution in [0.1, 0.15) is 27.8 Å². The van der Waals surface area contributed by atoms with E-state index in [-0.39, 0.29) is 16.9 Å². The first-order valence-corrected chi connectivity index (χ1v) is 6.06. The fourth-order valence-electron chi connectivity index (χ4n) is 1.76. The molecule has 2 amide bonds. The number of hydrogen-bond acceptors (Lipinski definition) is 4. The molecule has 2 aromatic rings. The molecule has 0 radical (unpaired) electrons. The zero-order chi connectivity index (χ0) is 14.7. The van der Waals surface area contributed by atoms with E-state index in [0.717, 1.165) is 0 Å². The van der Waals surface area contributed by atoms with E-state index in [1.165, 1.54) is 6.07 Å². The number of nitrogens with two attached hydrogens (primary N) is 2. The topological polar surface area (TPSA) is 116 Å². The third kappa shape index (κ3) is 2.61. The SMILES string of the molecule is CCn1cc(N)c(C(=O)Nc2ccccc2C(N)=O)n1. The number of para-hydroxylation sites is 1. The number of amides is 2. The van der Waals surface area contributed by atoms with Crippen molar-refractivity contribution < 1.29 is 9.59 Å². The first-order valence-electron chi connectivity index (χ1n) is 6.06. The van der Waals surface area contributed by atoms with Crippen LogP contribution in [0.15, 0.2) is 30.5 Å². The Morgan fingerprint density at radius 1 is 1.35 bits per heavy atom. The van der Waals surface area contributed by atoms with E-state index in [1.807, 2.05) is 6.92 Å². The zero-order valence-corrected chi connectivity index (χ0v) is 11.0. The van der Waals surface area contributed by atoms with E-state index in [9.17, 15) is 9.59 Å². The number of nitrogens with one attached hydrogen (secondary N) is 1. The number of carbonyl (C=O) groups is 2. The molecule has 7 heteroatoms. The molecule has 0 aliphatic rings. The summed E-state index contributed by atoms with van der Waals surface area (Å²) in [5, 5.41) is 6.65. The number of benzene rings is 1. The maximum atomic E-state index is 12.1. The molecule has 0 atom stereocenters. The summed E-state index contributed by atoms with van der Waals surface area (Å²) in [4.78, 5) is 23.4. The molecule has 7 nitrogen and oxygen atoms in total. The molecule has 0 aliphatic carbocycles. The molecule has 0 saturated heterocycles. The van der Waals surface area contributed by atoms with Crippen molar-refractivity contribution in [3.63, 3.8) is 0 Å². The molecular weight excluding hydrogens is 258 g/mol. The minimum Gasteiger partial charge on any atom is -0.396 e. The van der Waals surface area contributed by atoms with Gasteiger partial charge in [0.1, 0.15) is 0 Å². The Kier molecular flexibility index (Phi) is 3.69. The molecule has 20 heavy (non-hydrogen) atoms. The Bertz CT molecular complexity index is 663. The Labute approximate surface area is 115 Å². The van der Waals surface area contributed by atoms with Crippen LogP contribution in [-0.4, -0.2) is 21.6 Å². The van der Waals surface area contributed by atoms with Gasteiger partial charge in [-0.05, 0) is 19.1 Å². The summed E-state index contributed by atoms with van der Waals surface area (Å²) in [6, 6.07) is 6.48. The summed E-state index contributed by atoms with van der Waals surface area (Å²) in [5.41, 5.74) is 11.9. The molecule has 1 aromatic carbocycles. The van der Waals surface area contributed by atoms with Gasteiger partial charge >= 0.3 is 0 Å².